The number of rotatable bonds is 5. The molecule has 1 aliphatic heterocycles. The van der Waals surface area contributed by atoms with E-state index >= 15 is 0 Å². The summed E-state index contributed by atoms with van der Waals surface area (Å²) in [4.78, 5) is 21.6. The monoisotopic (exact) mass is 388 g/mol. The number of fused-ring (bicyclic) bond motifs is 1. The quantitative estimate of drug-likeness (QED) is 0.683. The Morgan fingerprint density at radius 2 is 2.19 bits per heavy atom. The summed E-state index contributed by atoms with van der Waals surface area (Å²) in [5.74, 6) is 0.417. The average Bonchev–Trinajstić information content (AvgIpc) is 3.30. The number of carbonyl (C=O) groups excluding carboxylic acids is 1. The summed E-state index contributed by atoms with van der Waals surface area (Å²) < 4.78 is 30.1. The van der Waals surface area contributed by atoms with Crippen LogP contribution in [-0.2, 0) is 21.4 Å². The number of sulfonamides is 1. The van der Waals surface area contributed by atoms with Crippen molar-refractivity contribution in [3.05, 3.63) is 36.8 Å². The highest BCUT2D eigenvalue weighted by atomic mass is 32.2. The van der Waals surface area contributed by atoms with E-state index in [-0.39, 0.29) is 10.8 Å². The standard InChI is InChI=1S/C17H20N6O3S/c1-2-23-15(7-9-20-23)22-10-4-6-13(17(22)24)21-27(25,26)14-11-19-16-12(14)5-3-8-18-16/h3,5,7-9,11,13,21H,2,4,6,10H2,1H3,(H,18,19)/t13-/m1/s1. The number of hydrogen-bond donors (Lipinski definition) is 2. The first-order chi connectivity index (χ1) is 13.0. The summed E-state index contributed by atoms with van der Waals surface area (Å²) in [5.41, 5.74) is 0.487. The molecule has 1 aliphatic rings. The largest absolute Gasteiger partial charge is 0.345 e. The predicted molar refractivity (Wildman–Crippen MR) is 99.7 cm³/mol. The van der Waals surface area contributed by atoms with Crippen LogP contribution in [0.5, 0.6) is 0 Å². The molecule has 3 aromatic heterocycles. The topological polar surface area (TPSA) is 113 Å². The maximum absolute atomic E-state index is 12.9. The second kappa shape index (κ2) is 6.78. The Balaban J connectivity index is 1.61. The molecule has 0 unspecified atom stereocenters. The number of aryl methyl sites for hydroxylation is 1. The van der Waals surface area contributed by atoms with E-state index in [0.717, 1.165) is 0 Å². The molecule has 1 saturated heterocycles. The minimum atomic E-state index is -3.88. The highest BCUT2D eigenvalue weighted by Crippen LogP contribution is 2.24. The minimum absolute atomic E-state index is 0.0918. The van der Waals surface area contributed by atoms with Crippen molar-refractivity contribution in [3.63, 3.8) is 0 Å². The van der Waals surface area contributed by atoms with E-state index in [9.17, 15) is 13.2 Å². The Hall–Kier alpha value is -2.72. The van der Waals surface area contributed by atoms with Gasteiger partial charge in [0.15, 0.2) is 0 Å². The first-order valence-electron chi connectivity index (χ1n) is 8.79. The van der Waals surface area contributed by atoms with Gasteiger partial charge >= 0.3 is 0 Å². The van der Waals surface area contributed by atoms with Crippen LogP contribution in [-0.4, -0.2) is 46.7 Å². The van der Waals surface area contributed by atoms with Gasteiger partial charge in [-0.05, 0) is 31.9 Å². The SMILES string of the molecule is CCn1nccc1N1CCC[C@@H](NS(=O)(=O)c2c[nH]c3ncccc23)C1=O. The lowest BCUT2D eigenvalue weighted by molar-refractivity contribution is -0.121. The molecule has 2 N–H and O–H groups in total. The molecular formula is C17H20N6O3S. The molecule has 0 radical (unpaired) electrons. The second-order valence-corrected chi connectivity index (χ2v) is 8.05. The number of piperidine rings is 1. The Bertz CT molecular complexity index is 1090. The third-order valence-electron chi connectivity index (χ3n) is 4.71. The minimum Gasteiger partial charge on any atom is -0.345 e. The molecule has 0 aliphatic carbocycles. The van der Waals surface area contributed by atoms with Gasteiger partial charge in [-0.15, -0.1) is 0 Å². The maximum atomic E-state index is 12.9. The van der Waals surface area contributed by atoms with Crippen LogP contribution in [0.25, 0.3) is 11.0 Å². The summed E-state index contributed by atoms with van der Waals surface area (Å²) in [6.45, 7) is 3.11. The Morgan fingerprint density at radius 1 is 1.33 bits per heavy atom. The van der Waals surface area contributed by atoms with Crippen LogP contribution >= 0.6 is 0 Å². The van der Waals surface area contributed by atoms with Crippen molar-refractivity contribution in [2.24, 2.45) is 0 Å². The molecular weight excluding hydrogens is 368 g/mol. The number of carbonyl (C=O) groups is 1. The van der Waals surface area contributed by atoms with Gasteiger partial charge in [0.1, 0.15) is 22.4 Å². The molecule has 142 valence electrons. The fourth-order valence-electron chi connectivity index (χ4n) is 3.41. The zero-order valence-electron chi connectivity index (χ0n) is 14.8. The van der Waals surface area contributed by atoms with Crippen LogP contribution in [0.2, 0.25) is 0 Å². The van der Waals surface area contributed by atoms with E-state index in [2.05, 4.69) is 19.8 Å². The van der Waals surface area contributed by atoms with Crippen molar-refractivity contribution in [1.29, 1.82) is 0 Å². The molecule has 0 saturated carbocycles. The molecule has 0 spiro atoms. The lowest BCUT2D eigenvalue weighted by atomic mass is 10.1. The molecule has 27 heavy (non-hydrogen) atoms. The summed E-state index contributed by atoms with van der Waals surface area (Å²) >= 11 is 0. The predicted octanol–water partition coefficient (Wildman–Crippen LogP) is 1.25. The van der Waals surface area contributed by atoms with Gasteiger partial charge < -0.3 is 4.98 Å². The molecule has 1 atom stereocenters. The van der Waals surface area contributed by atoms with E-state index in [4.69, 9.17) is 0 Å². The highest BCUT2D eigenvalue weighted by molar-refractivity contribution is 7.89. The van der Waals surface area contributed by atoms with E-state index in [1.165, 1.54) is 6.20 Å². The van der Waals surface area contributed by atoms with Gasteiger partial charge in [-0.2, -0.15) is 9.82 Å². The van der Waals surface area contributed by atoms with Crippen LogP contribution in [0.15, 0.2) is 41.7 Å². The fraction of sp³-hybridized carbons (Fsp3) is 0.353. The van der Waals surface area contributed by atoms with Gasteiger partial charge in [0, 0.05) is 36.9 Å². The van der Waals surface area contributed by atoms with Crippen molar-refractivity contribution < 1.29 is 13.2 Å². The number of anilines is 1. The number of H-pyrrole nitrogens is 1. The Morgan fingerprint density at radius 3 is 3.00 bits per heavy atom. The fourth-order valence-corrected chi connectivity index (χ4v) is 4.80. The number of nitrogens with one attached hydrogen (secondary N) is 2. The smallest absolute Gasteiger partial charge is 0.246 e. The number of pyridine rings is 1. The normalized spacial score (nSPS) is 18.3. The molecule has 0 aromatic carbocycles. The van der Waals surface area contributed by atoms with Crippen molar-refractivity contribution in [2.75, 3.05) is 11.4 Å². The van der Waals surface area contributed by atoms with E-state index < -0.39 is 16.1 Å². The molecule has 1 fully saturated rings. The van der Waals surface area contributed by atoms with Crippen LogP contribution < -0.4 is 9.62 Å². The van der Waals surface area contributed by atoms with Crippen LogP contribution in [0.3, 0.4) is 0 Å². The average molecular weight is 388 g/mol. The van der Waals surface area contributed by atoms with Crippen molar-refractivity contribution >= 4 is 32.8 Å². The third-order valence-corrected chi connectivity index (χ3v) is 6.22. The van der Waals surface area contributed by atoms with Crippen LogP contribution in [0.4, 0.5) is 5.82 Å². The van der Waals surface area contributed by atoms with Crippen molar-refractivity contribution in [2.45, 2.75) is 37.2 Å². The van der Waals surface area contributed by atoms with Gasteiger partial charge in [-0.25, -0.2) is 18.1 Å². The maximum Gasteiger partial charge on any atom is 0.246 e. The molecule has 10 heteroatoms. The Labute approximate surface area is 156 Å². The number of amides is 1. The number of aromatic amines is 1. The van der Waals surface area contributed by atoms with Gasteiger partial charge in [-0.3, -0.25) is 9.69 Å². The number of hydrogen-bond acceptors (Lipinski definition) is 5. The van der Waals surface area contributed by atoms with Gasteiger partial charge in [0.25, 0.3) is 0 Å². The summed E-state index contributed by atoms with van der Waals surface area (Å²) in [7, 11) is -3.88. The van der Waals surface area contributed by atoms with Crippen molar-refractivity contribution in [1.82, 2.24) is 24.5 Å². The Kier molecular flexibility index (Phi) is 4.44. The lowest BCUT2D eigenvalue weighted by Gasteiger charge is -2.32. The van der Waals surface area contributed by atoms with Gasteiger partial charge in [-0.1, -0.05) is 0 Å². The zero-order valence-corrected chi connectivity index (χ0v) is 15.6. The van der Waals surface area contributed by atoms with E-state index in [1.807, 2.05) is 6.92 Å². The second-order valence-electron chi connectivity index (χ2n) is 6.36. The van der Waals surface area contributed by atoms with Crippen LogP contribution in [0, 0.1) is 0 Å². The first kappa shape index (κ1) is 17.7. The number of nitrogens with zero attached hydrogens (tertiary/aromatic N) is 4. The van der Waals surface area contributed by atoms with Crippen molar-refractivity contribution in [3.8, 4) is 0 Å². The van der Waals surface area contributed by atoms with Gasteiger partial charge in [0.2, 0.25) is 15.9 Å². The third kappa shape index (κ3) is 3.10. The van der Waals surface area contributed by atoms with Crippen LogP contribution in [0.1, 0.15) is 19.8 Å². The molecule has 0 bridgehead atoms. The molecule has 4 rings (SSSR count). The molecule has 1 amide bonds. The van der Waals surface area contributed by atoms with E-state index in [1.54, 1.807) is 40.2 Å². The summed E-state index contributed by atoms with van der Waals surface area (Å²) in [6, 6.07) is 4.31. The lowest BCUT2D eigenvalue weighted by Crippen LogP contribution is -2.52. The molecule has 4 heterocycles. The highest BCUT2D eigenvalue weighted by Gasteiger charge is 2.35. The van der Waals surface area contributed by atoms with Gasteiger partial charge in [0.05, 0.1) is 6.20 Å². The zero-order chi connectivity index (χ0) is 19.0. The summed E-state index contributed by atoms with van der Waals surface area (Å²) in [6.07, 6.45) is 5.77. The number of aromatic nitrogens is 4. The first-order valence-corrected chi connectivity index (χ1v) is 10.3. The summed E-state index contributed by atoms with van der Waals surface area (Å²) in [5, 5.41) is 4.69. The molecule has 3 aromatic rings. The van der Waals surface area contributed by atoms with E-state index in [0.29, 0.717) is 42.8 Å². The molecule has 9 nitrogen and oxygen atoms in total.